The van der Waals surface area contributed by atoms with Crippen molar-refractivity contribution in [1.29, 1.82) is 0 Å². The number of ether oxygens (including phenoxy) is 2. The third-order valence-corrected chi connectivity index (χ3v) is 3.07. The van der Waals surface area contributed by atoms with Crippen molar-refractivity contribution in [2.24, 2.45) is 4.99 Å². The number of carbonyl (C=O) groups excluding carboxylic acids is 1. The second-order valence-corrected chi connectivity index (χ2v) is 3.95. The molecule has 0 aromatic rings. The summed E-state index contributed by atoms with van der Waals surface area (Å²) in [5.41, 5.74) is -0.446. The highest BCUT2D eigenvalue weighted by Gasteiger charge is 2.42. The van der Waals surface area contributed by atoms with E-state index in [1.54, 1.807) is 14.0 Å². The van der Waals surface area contributed by atoms with Crippen molar-refractivity contribution in [2.75, 3.05) is 20.3 Å². The molecule has 0 saturated carbocycles. The standard InChI is InChI=1S/C10H16N2O3/c1-7-8(13)12-9(11-7)10(14-2)3-5-15-6-4-10/h7H,3-6H2,1-2H3,(H,11,12,13). The molecule has 2 aliphatic heterocycles. The third kappa shape index (κ3) is 1.77. The molecule has 0 spiro atoms. The number of amides is 1. The normalized spacial score (nSPS) is 29.9. The summed E-state index contributed by atoms with van der Waals surface area (Å²) < 4.78 is 10.8. The SMILES string of the molecule is COC1(C2=NC(C)C(=O)N2)CCOCC1. The van der Waals surface area contributed by atoms with Crippen LogP contribution in [0, 0.1) is 0 Å². The van der Waals surface area contributed by atoms with Crippen molar-refractivity contribution in [3.63, 3.8) is 0 Å². The van der Waals surface area contributed by atoms with E-state index in [1.807, 2.05) is 0 Å². The van der Waals surface area contributed by atoms with Crippen LogP contribution in [0.2, 0.25) is 0 Å². The molecular formula is C10H16N2O3. The summed E-state index contributed by atoms with van der Waals surface area (Å²) in [6.45, 7) is 3.08. The van der Waals surface area contributed by atoms with Crippen molar-refractivity contribution in [3.05, 3.63) is 0 Å². The first-order valence-corrected chi connectivity index (χ1v) is 5.20. The molecule has 0 aromatic carbocycles. The highest BCUT2D eigenvalue weighted by molar-refractivity contribution is 6.09. The predicted molar refractivity (Wildman–Crippen MR) is 54.8 cm³/mol. The maximum atomic E-state index is 11.4. The van der Waals surface area contributed by atoms with Gasteiger partial charge in [0.2, 0.25) is 5.91 Å². The molecular weight excluding hydrogens is 196 g/mol. The second-order valence-electron chi connectivity index (χ2n) is 3.95. The van der Waals surface area contributed by atoms with Gasteiger partial charge in [0.1, 0.15) is 17.5 Å². The average Bonchev–Trinajstić information content (AvgIpc) is 2.61. The zero-order valence-corrected chi connectivity index (χ0v) is 9.08. The maximum Gasteiger partial charge on any atom is 0.249 e. The summed E-state index contributed by atoms with van der Waals surface area (Å²) in [6, 6.07) is -0.296. The van der Waals surface area contributed by atoms with Crippen LogP contribution in [-0.4, -0.2) is 43.7 Å². The molecule has 1 fully saturated rings. The molecule has 1 saturated heterocycles. The van der Waals surface area contributed by atoms with Gasteiger partial charge in [-0.05, 0) is 6.92 Å². The van der Waals surface area contributed by atoms with Crippen molar-refractivity contribution in [2.45, 2.75) is 31.4 Å². The van der Waals surface area contributed by atoms with Gasteiger partial charge in [0.05, 0.1) is 0 Å². The van der Waals surface area contributed by atoms with Crippen molar-refractivity contribution in [1.82, 2.24) is 5.32 Å². The van der Waals surface area contributed by atoms with Crippen LogP contribution in [0.15, 0.2) is 4.99 Å². The summed E-state index contributed by atoms with van der Waals surface area (Å²) >= 11 is 0. The molecule has 1 amide bonds. The van der Waals surface area contributed by atoms with Crippen LogP contribution < -0.4 is 5.32 Å². The van der Waals surface area contributed by atoms with Crippen molar-refractivity contribution in [3.8, 4) is 0 Å². The van der Waals surface area contributed by atoms with Gasteiger partial charge in [-0.1, -0.05) is 0 Å². The quantitative estimate of drug-likeness (QED) is 0.706. The lowest BCUT2D eigenvalue weighted by Gasteiger charge is -2.35. The van der Waals surface area contributed by atoms with Gasteiger partial charge in [-0.25, -0.2) is 0 Å². The molecule has 0 bridgehead atoms. The number of nitrogens with zero attached hydrogens (tertiary/aromatic N) is 1. The Balaban J connectivity index is 2.19. The second kappa shape index (κ2) is 3.90. The Morgan fingerprint density at radius 2 is 2.20 bits per heavy atom. The van der Waals surface area contributed by atoms with Gasteiger partial charge in [0, 0.05) is 33.2 Å². The van der Waals surface area contributed by atoms with Gasteiger partial charge in [-0.2, -0.15) is 0 Å². The summed E-state index contributed by atoms with van der Waals surface area (Å²) in [6.07, 6.45) is 1.49. The summed E-state index contributed by atoms with van der Waals surface area (Å²) in [5.74, 6) is 0.624. The zero-order valence-electron chi connectivity index (χ0n) is 9.08. The Morgan fingerprint density at radius 3 is 2.67 bits per heavy atom. The topological polar surface area (TPSA) is 59.9 Å². The molecule has 5 nitrogen and oxygen atoms in total. The van der Waals surface area contributed by atoms with Crippen molar-refractivity contribution < 1.29 is 14.3 Å². The predicted octanol–water partition coefficient (Wildman–Crippen LogP) is 0.0988. The fraction of sp³-hybridized carbons (Fsp3) is 0.800. The highest BCUT2D eigenvalue weighted by Crippen LogP contribution is 2.27. The molecule has 2 aliphatic rings. The summed E-state index contributed by atoms with van der Waals surface area (Å²) in [7, 11) is 1.66. The highest BCUT2D eigenvalue weighted by atomic mass is 16.5. The largest absolute Gasteiger partial charge is 0.381 e. The summed E-state index contributed by atoms with van der Waals surface area (Å²) in [4.78, 5) is 15.7. The Bertz CT molecular complexity index is 295. The van der Waals surface area contributed by atoms with E-state index in [2.05, 4.69) is 10.3 Å². The Kier molecular flexibility index (Phi) is 2.75. The molecule has 1 N–H and O–H groups in total. The van der Waals surface area contributed by atoms with Gasteiger partial charge in [-0.3, -0.25) is 9.79 Å². The lowest BCUT2D eigenvalue weighted by atomic mass is 9.92. The van der Waals surface area contributed by atoms with Crippen LogP contribution in [0.5, 0.6) is 0 Å². The van der Waals surface area contributed by atoms with Crippen LogP contribution in [0.4, 0.5) is 0 Å². The minimum Gasteiger partial charge on any atom is -0.381 e. The lowest BCUT2D eigenvalue weighted by Crippen LogP contribution is -2.51. The number of hydrogen-bond acceptors (Lipinski definition) is 4. The molecule has 84 valence electrons. The van der Waals surface area contributed by atoms with Gasteiger partial charge in [-0.15, -0.1) is 0 Å². The van der Waals surface area contributed by atoms with Crippen LogP contribution in [-0.2, 0) is 14.3 Å². The fourth-order valence-electron chi connectivity index (χ4n) is 1.98. The fourth-order valence-corrected chi connectivity index (χ4v) is 1.98. The van der Waals surface area contributed by atoms with E-state index >= 15 is 0 Å². The van der Waals surface area contributed by atoms with Crippen LogP contribution in [0.1, 0.15) is 19.8 Å². The molecule has 2 rings (SSSR count). The van der Waals surface area contributed by atoms with E-state index in [0.717, 1.165) is 12.8 Å². The first-order chi connectivity index (χ1) is 7.18. The van der Waals surface area contributed by atoms with E-state index in [0.29, 0.717) is 19.0 Å². The summed E-state index contributed by atoms with van der Waals surface area (Å²) in [5, 5.41) is 2.80. The van der Waals surface area contributed by atoms with E-state index in [-0.39, 0.29) is 11.9 Å². The third-order valence-electron chi connectivity index (χ3n) is 3.07. The van der Waals surface area contributed by atoms with E-state index in [9.17, 15) is 4.79 Å². The van der Waals surface area contributed by atoms with Gasteiger partial charge < -0.3 is 14.8 Å². The molecule has 2 heterocycles. The van der Waals surface area contributed by atoms with E-state index in [1.165, 1.54) is 0 Å². The minimum atomic E-state index is -0.446. The molecule has 15 heavy (non-hydrogen) atoms. The van der Waals surface area contributed by atoms with Gasteiger partial charge in [0.25, 0.3) is 0 Å². The Morgan fingerprint density at radius 1 is 1.53 bits per heavy atom. The van der Waals surface area contributed by atoms with E-state index < -0.39 is 5.60 Å². The number of hydrogen-bond donors (Lipinski definition) is 1. The maximum absolute atomic E-state index is 11.4. The van der Waals surface area contributed by atoms with Crippen molar-refractivity contribution >= 4 is 11.7 Å². The van der Waals surface area contributed by atoms with Crippen LogP contribution in [0.25, 0.3) is 0 Å². The Hall–Kier alpha value is -0.940. The number of nitrogens with one attached hydrogen (secondary N) is 1. The van der Waals surface area contributed by atoms with Crippen LogP contribution in [0.3, 0.4) is 0 Å². The van der Waals surface area contributed by atoms with E-state index in [4.69, 9.17) is 9.47 Å². The number of carbonyl (C=O) groups is 1. The first-order valence-electron chi connectivity index (χ1n) is 5.20. The molecule has 1 atom stereocenters. The molecule has 1 unspecified atom stereocenters. The molecule has 0 aliphatic carbocycles. The van der Waals surface area contributed by atoms with Gasteiger partial charge >= 0.3 is 0 Å². The Labute approximate surface area is 88.8 Å². The number of aliphatic imine (C=N–C) groups is 1. The molecule has 0 aromatic heterocycles. The molecule has 0 radical (unpaired) electrons. The average molecular weight is 212 g/mol. The zero-order chi connectivity index (χ0) is 10.9. The number of amidine groups is 1. The minimum absolute atomic E-state index is 0.0482. The number of rotatable bonds is 2. The monoisotopic (exact) mass is 212 g/mol. The lowest BCUT2D eigenvalue weighted by molar-refractivity contribution is -0.120. The first kappa shape index (κ1) is 10.6. The number of methoxy groups -OCH3 is 1. The smallest absolute Gasteiger partial charge is 0.249 e. The molecule has 5 heteroatoms. The van der Waals surface area contributed by atoms with Gasteiger partial charge in [0.15, 0.2) is 0 Å². The van der Waals surface area contributed by atoms with Crippen LogP contribution >= 0.6 is 0 Å².